The zero-order valence-electron chi connectivity index (χ0n) is 12.5. The second kappa shape index (κ2) is 4.93. The van der Waals surface area contributed by atoms with Crippen LogP contribution < -0.4 is 0 Å². The molecule has 0 bridgehead atoms. The van der Waals surface area contributed by atoms with Gasteiger partial charge in [0.2, 0.25) is 5.89 Å². The van der Waals surface area contributed by atoms with E-state index in [2.05, 4.69) is 30.7 Å². The van der Waals surface area contributed by atoms with Crippen LogP contribution in [0.3, 0.4) is 0 Å². The van der Waals surface area contributed by atoms with Gasteiger partial charge in [0.05, 0.1) is 12.2 Å². The Morgan fingerprint density at radius 1 is 1.21 bits per heavy atom. The maximum atomic E-state index is 5.61. The van der Waals surface area contributed by atoms with E-state index in [4.69, 9.17) is 4.42 Å². The lowest BCUT2D eigenvalue weighted by atomic mass is 9.85. The van der Waals surface area contributed by atoms with Crippen LogP contribution in [0.25, 0.3) is 0 Å². The van der Waals surface area contributed by atoms with Gasteiger partial charge in [-0.3, -0.25) is 4.90 Å². The van der Waals surface area contributed by atoms with Gasteiger partial charge in [-0.05, 0) is 11.8 Å². The van der Waals surface area contributed by atoms with Crippen LogP contribution in [0, 0.1) is 11.8 Å². The highest BCUT2D eigenvalue weighted by atomic mass is 16.3. The van der Waals surface area contributed by atoms with Gasteiger partial charge in [-0.25, -0.2) is 4.98 Å². The van der Waals surface area contributed by atoms with E-state index in [1.54, 1.807) is 0 Å². The summed E-state index contributed by atoms with van der Waals surface area (Å²) in [6.07, 6.45) is 7.66. The van der Waals surface area contributed by atoms with Crippen LogP contribution in [0.1, 0.15) is 58.0 Å². The van der Waals surface area contributed by atoms with E-state index in [-0.39, 0.29) is 5.41 Å². The average Bonchev–Trinajstić information content (AvgIpc) is 2.93. The molecule has 0 aromatic carbocycles. The molecule has 0 atom stereocenters. The first-order chi connectivity index (χ1) is 9.02. The van der Waals surface area contributed by atoms with Gasteiger partial charge in [-0.15, -0.1) is 0 Å². The van der Waals surface area contributed by atoms with Crippen molar-refractivity contribution in [2.75, 3.05) is 13.1 Å². The largest absolute Gasteiger partial charge is 0.447 e. The quantitative estimate of drug-likeness (QED) is 0.833. The lowest BCUT2D eigenvalue weighted by Gasteiger charge is -2.41. The predicted octanol–water partition coefficient (Wildman–Crippen LogP) is 3.59. The number of aromatic nitrogens is 1. The molecule has 0 spiro atoms. The van der Waals surface area contributed by atoms with Crippen LogP contribution in [0.2, 0.25) is 0 Å². The molecule has 1 saturated carbocycles. The monoisotopic (exact) mass is 262 g/mol. The summed E-state index contributed by atoms with van der Waals surface area (Å²) in [4.78, 5) is 7.09. The third-order valence-electron chi connectivity index (χ3n) is 4.73. The molecule has 1 aromatic rings. The molecule has 0 unspecified atom stereocenters. The minimum absolute atomic E-state index is 0.0864. The Kier molecular flexibility index (Phi) is 3.42. The minimum atomic E-state index is 0.0864. The molecule has 2 fully saturated rings. The van der Waals surface area contributed by atoms with Gasteiger partial charge in [-0.1, -0.05) is 46.5 Å². The minimum Gasteiger partial charge on any atom is -0.447 e. The molecule has 0 N–H and O–H groups in total. The van der Waals surface area contributed by atoms with E-state index in [9.17, 15) is 0 Å². The lowest BCUT2D eigenvalue weighted by Crippen LogP contribution is -2.48. The van der Waals surface area contributed by atoms with E-state index < -0.39 is 0 Å². The van der Waals surface area contributed by atoms with Crippen molar-refractivity contribution in [1.82, 2.24) is 9.88 Å². The summed E-state index contributed by atoms with van der Waals surface area (Å²) in [7, 11) is 0. The molecule has 106 valence electrons. The Morgan fingerprint density at radius 3 is 2.47 bits per heavy atom. The Bertz CT molecular complexity index is 420. The zero-order chi connectivity index (χ0) is 13.5. The smallest absolute Gasteiger partial charge is 0.208 e. The molecule has 2 aliphatic rings. The first kappa shape index (κ1) is 13.2. The summed E-state index contributed by atoms with van der Waals surface area (Å²) in [5, 5.41) is 0. The van der Waals surface area contributed by atoms with Crippen molar-refractivity contribution < 1.29 is 4.42 Å². The van der Waals surface area contributed by atoms with Gasteiger partial charge in [0.15, 0.2) is 0 Å². The summed E-state index contributed by atoms with van der Waals surface area (Å²) < 4.78 is 5.61. The fourth-order valence-corrected chi connectivity index (χ4v) is 3.39. The van der Waals surface area contributed by atoms with Crippen molar-refractivity contribution in [2.24, 2.45) is 11.8 Å². The second-order valence-corrected chi connectivity index (χ2v) is 7.38. The second-order valence-electron chi connectivity index (χ2n) is 7.38. The highest BCUT2D eigenvalue weighted by Gasteiger charge is 2.35. The van der Waals surface area contributed by atoms with Crippen LogP contribution >= 0.6 is 0 Å². The molecular weight excluding hydrogens is 236 g/mol. The summed E-state index contributed by atoms with van der Waals surface area (Å²) >= 11 is 0. The van der Waals surface area contributed by atoms with Crippen molar-refractivity contribution in [1.29, 1.82) is 0 Å². The van der Waals surface area contributed by atoms with E-state index in [0.29, 0.717) is 0 Å². The molecule has 1 aliphatic heterocycles. The SMILES string of the molecule is CC(C)(C)c1coc(CN2CC(C3CCCC3)C2)n1. The molecule has 2 heterocycles. The number of likely N-dealkylation sites (tertiary alicyclic amines) is 1. The van der Waals surface area contributed by atoms with Crippen molar-refractivity contribution in [3.05, 3.63) is 17.8 Å². The highest BCUT2D eigenvalue weighted by Crippen LogP contribution is 2.36. The van der Waals surface area contributed by atoms with Gasteiger partial charge in [0, 0.05) is 18.5 Å². The molecule has 0 amide bonds. The van der Waals surface area contributed by atoms with E-state index in [0.717, 1.165) is 30.0 Å². The van der Waals surface area contributed by atoms with E-state index in [1.807, 2.05) is 6.26 Å². The maximum absolute atomic E-state index is 5.61. The number of oxazole rings is 1. The number of hydrogen-bond donors (Lipinski definition) is 0. The van der Waals surface area contributed by atoms with Gasteiger partial charge >= 0.3 is 0 Å². The van der Waals surface area contributed by atoms with Crippen LogP contribution in [0.15, 0.2) is 10.7 Å². The fourth-order valence-electron chi connectivity index (χ4n) is 3.39. The lowest BCUT2D eigenvalue weighted by molar-refractivity contribution is 0.0450. The predicted molar refractivity (Wildman–Crippen MR) is 75.9 cm³/mol. The fraction of sp³-hybridized carbons (Fsp3) is 0.812. The molecular formula is C16H26N2O. The Hall–Kier alpha value is -0.830. The van der Waals surface area contributed by atoms with E-state index >= 15 is 0 Å². The topological polar surface area (TPSA) is 29.3 Å². The van der Waals surface area contributed by atoms with Gasteiger partial charge in [0.1, 0.15) is 6.26 Å². The molecule has 3 nitrogen and oxygen atoms in total. The summed E-state index contributed by atoms with van der Waals surface area (Å²) in [6.45, 7) is 9.91. The zero-order valence-corrected chi connectivity index (χ0v) is 12.5. The standard InChI is InChI=1S/C16H26N2O/c1-16(2,3)14-11-19-15(17-14)10-18-8-13(9-18)12-6-4-5-7-12/h11-13H,4-10H2,1-3H3. The Balaban J connectivity index is 1.49. The van der Waals surface area contributed by atoms with Crippen LogP contribution in [-0.2, 0) is 12.0 Å². The Morgan fingerprint density at radius 2 is 1.89 bits per heavy atom. The number of hydrogen-bond acceptors (Lipinski definition) is 3. The van der Waals surface area contributed by atoms with Crippen LogP contribution in [0.4, 0.5) is 0 Å². The summed E-state index contributed by atoms with van der Waals surface area (Å²) in [5.74, 6) is 2.83. The van der Waals surface area contributed by atoms with Gasteiger partial charge in [0.25, 0.3) is 0 Å². The Labute approximate surface area is 116 Å². The molecule has 1 aliphatic carbocycles. The van der Waals surface area contributed by atoms with Crippen molar-refractivity contribution >= 4 is 0 Å². The normalized spacial score (nSPS) is 22.9. The van der Waals surface area contributed by atoms with Crippen LogP contribution in [0.5, 0.6) is 0 Å². The molecule has 3 rings (SSSR count). The van der Waals surface area contributed by atoms with Gasteiger partial charge in [-0.2, -0.15) is 0 Å². The molecule has 19 heavy (non-hydrogen) atoms. The average molecular weight is 262 g/mol. The third kappa shape index (κ3) is 2.86. The van der Waals surface area contributed by atoms with Crippen molar-refractivity contribution in [3.63, 3.8) is 0 Å². The molecule has 0 radical (unpaired) electrons. The van der Waals surface area contributed by atoms with Crippen molar-refractivity contribution in [2.45, 2.75) is 58.4 Å². The van der Waals surface area contributed by atoms with Crippen molar-refractivity contribution in [3.8, 4) is 0 Å². The molecule has 1 aromatic heterocycles. The maximum Gasteiger partial charge on any atom is 0.208 e. The number of nitrogens with zero attached hydrogens (tertiary/aromatic N) is 2. The first-order valence-electron chi connectivity index (χ1n) is 7.69. The molecule has 3 heteroatoms. The summed E-state index contributed by atoms with van der Waals surface area (Å²) in [5.41, 5.74) is 1.15. The first-order valence-corrected chi connectivity index (χ1v) is 7.69. The number of rotatable bonds is 3. The third-order valence-corrected chi connectivity index (χ3v) is 4.73. The summed E-state index contributed by atoms with van der Waals surface area (Å²) in [6, 6.07) is 0. The highest BCUT2D eigenvalue weighted by molar-refractivity contribution is 5.08. The van der Waals surface area contributed by atoms with E-state index in [1.165, 1.54) is 38.8 Å². The van der Waals surface area contributed by atoms with Crippen LogP contribution in [-0.4, -0.2) is 23.0 Å². The molecule has 1 saturated heterocycles. The van der Waals surface area contributed by atoms with Gasteiger partial charge < -0.3 is 4.42 Å².